The zero-order valence-corrected chi connectivity index (χ0v) is 26.0. The summed E-state index contributed by atoms with van der Waals surface area (Å²) in [5.74, 6) is 0.00559. The Morgan fingerprint density at radius 2 is 1.63 bits per heavy atom. The molecule has 6 nitrogen and oxygen atoms in total. The highest BCUT2D eigenvalue weighted by atomic mass is 32.1. The van der Waals surface area contributed by atoms with Crippen molar-refractivity contribution in [2.45, 2.75) is 18.3 Å². The lowest BCUT2D eigenvalue weighted by atomic mass is 9.73. The summed E-state index contributed by atoms with van der Waals surface area (Å²) in [6, 6.07) is 34.8. The molecule has 0 unspecified atom stereocenters. The molecule has 7 aromatic rings. The summed E-state index contributed by atoms with van der Waals surface area (Å²) in [5, 5.41) is 14.9. The van der Waals surface area contributed by atoms with Crippen LogP contribution in [0.25, 0.3) is 49.9 Å². The van der Waals surface area contributed by atoms with E-state index in [1.165, 1.54) is 44.3 Å². The van der Waals surface area contributed by atoms with Crippen LogP contribution in [0.3, 0.4) is 0 Å². The van der Waals surface area contributed by atoms with E-state index in [1.54, 1.807) is 28.2 Å². The van der Waals surface area contributed by atoms with Crippen LogP contribution >= 0.6 is 11.3 Å². The van der Waals surface area contributed by atoms with Gasteiger partial charge in [0.2, 0.25) is 0 Å². The van der Waals surface area contributed by atoms with Crippen molar-refractivity contribution in [1.29, 1.82) is 0 Å². The predicted molar refractivity (Wildman–Crippen MR) is 186 cm³/mol. The molecule has 1 saturated heterocycles. The van der Waals surface area contributed by atoms with Gasteiger partial charge in [-0.1, -0.05) is 72.8 Å². The first-order valence-electron chi connectivity index (χ1n) is 15.8. The van der Waals surface area contributed by atoms with Gasteiger partial charge in [-0.15, -0.1) is 0 Å². The number of anilines is 1. The average molecular weight is 618 g/mol. The van der Waals surface area contributed by atoms with E-state index in [4.69, 9.17) is 0 Å². The van der Waals surface area contributed by atoms with Gasteiger partial charge < -0.3 is 10.2 Å². The number of amides is 1. The van der Waals surface area contributed by atoms with Gasteiger partial charge in [0, 0.05) is 47.9 Å². The van der Waals surface area contributed by atoms with Gasteiger partial charge in [-0.3, -0.25) is 4.79 Å². The van der Waals surface area contributed by atoms with Crippen LogP contribution in [0.4, 0.5) is 5.69 Å². The Labute approximate surface area is 271 Å². The number of piperidine rings is 1. The SMILES string of the molecule is O=C(c1cnn2c(-c3ccsc3)ccnc12)N1CCC2(CC1)CNc1ccc(-c3ccc(-c4cccc5ccccc45)cc3)cc12. The highest BCUT2D eigenvalue weighted by Gasteiger charge is 2.42. The summed E-state index contributed by atoms with van der Waals surface area (Å²) < 4.78 is 1.79. The monoisotopic (exact) mass is 617 g/mol. The standard InChI is InChI=1S/C39H31N5OS/c45-38(33-23-42-44-36(14-18-40-37(33)44)30-15-21-46-24-30)43-19-16-39(17-20-43)25-41-35-13-12-29(22-34(35)39)26-8-10-28(11-9-26)32-7-3-5-27-4-1-2-6-31(27)32/h1-15,18,21-24,41H,16-17,19-20,25H2. The summed E-state index contributed by atoms with van der Waals surface area (Å²) in [7, 11) is 0. The van der Waals surface area contributed by atoms with Crippen molar-refractivity contribution >= 4 is 39.4 Å². The molecule has 4 aromatic carbocycles. The molecular formula is C39H31N5OS. The highest BCUT2D eigenvalue weighted by Crippen LogP contribution is 2.46. The van der Waals surface area contributed by atoms with E-state index < -0.39 is 0 Å². The number of thiophene rings is 1. The molecule has 1 fully saturated rings. The van der Waals surface area contributed by atoms with Gasteiger partial charge in [0.15, 0.2) is 5.65 Å². The molecule has 46 heavy (non-hydrogen) atoms. The fraction of sp³-hybridized carbons (Fsp3) is 0.154. The number of likely N-dealkylation sites (tertiary alicyclic amines) is 1. The van der Waals surface area contributed by atoms with E-state index in [9.17, 15) is 4.79 Å². The first-order valence-corrected chi connectivity index (χ1v) is 16.7. The van der Waals surface area contributed by atoms with Gasteiger partial charge >= 0.3 is 0 Å². The second-order valence-corrected chi connectivity index (χ2v) is 13.2. The average Bonchev–Trinajstić information content (AvgIpc) is 3.88. The maximum Gasteiger partial charge on any atom is 0.259 e. The Morgan fingerprint density at radius 1 is 0.826 bits per heavy atom. The van der Waals surface area contributed by atoms with Crippen LogP contribution < -0.4 is 5.32 Å². The van der Waals surface area contributed by atoms with E-state index in [0.29, 0.717) is 24.3 Å². The number of hydrogen-bond acceptors (Lipinski definition) is 5. The van der Waals surface area contributed by atoms with Crippen molar-refractivity contribution < 1.29 is 4.79 Å². The normalized spacial score (nSPS) is 15.3. The molecule has 0 saturated carbocycles. The second-order valence-electron chi connectivity index (χ2n) is 12.4. The third kappa shape index (κ3) is 4.34. The van der Waals surface area contributed by atoms with Crippen LogP contribution in [0.1, 0.15) is 28.8 Å². The van der Waals surface area contributed by atoms with Crippen LogP contribution in [-0.4, -0.2) is 45.0 Å². The molecule has 1 N–H and O–H groups in total. The van der Waals surface area contributed by atoms with Gasteiger partial charge in [-0.05, 0) is 81.1 Å². The van der Waals surface area contributed by atoms with Crippen LogP contribution in [0.2, 0.25) is 0 Å². The topological polar surface area (TPSA) is 62.5 Å². The summed E-state index contributed by atoms with van der Waals surface area (Å²) in [4.78, 5) is 20.3. The van der Waals surface area contributed by atoms with Crippen molar-refractivity contribution in [2.24, 2.45) is 0 Å². The number of aromatic nitrogens is 3. The van der Waals surface area contributed by atoms with E-state index in [2.05, 4.69) is 112 Å². The molecule has 2 aliphatic rings. The van der Waals surface area contributed by atoms with Gasteiger partial charge in [0.1, 0.15) is 5.56 Å². The van der Waals surface area contributed by atoms with Crippen molar-refractivity contribution in [3.8, 4) is 33.5 Å². The van der Waals surface area contributed by atoms with Crippen LogP contribution in [0, 0.1) is 0 Å². The van der Waals surface area contributed by atoms with Crippen LogP contribution in [-0.2, 0) is 5.41 Å². The first kappa shape index (κ1) is 27.1. The van der Waals surface area contributed by atoms with Crippen molar-refractivity contribution in [3.05, 3.63) is 131 Å². The quantitative estimate of drug-likeness (QED) is 0.215. The summed E-state index contributed by atoms with van der Waals surface area (Å²) >= 11 is 1.64. The third-order valence-corrected chi connectivity index (χ3v) is 10.7. The highest BCUT2D eigenvalue weighted by molar-refractivity contribution is 7.08. The molecule has 7 heteroatoms. The van der Waals surface area contributed by atoms with Crippen molar-refractivity contribution in [2.75, 3.05) is 25.0 Å². The van der Waals surface area contributed by atoms with E-state index in [1.807, 2.05) is 16.3 Å². The Bertz CT molecular complexity index is 2240. The molecule has 224 valence electrons. The van der Waals surface area contributed by atoms with Gasteiger partial charge in [0.25, 0.3) is 5.91 Å². The minimum Gasteiger partial charge on any atom is -0.384 e. The predicted octanol–water partition coefficient (Wildman–Crippen LogP) is 8.54. The number of hydrogen-bond donors (Lipinski definition) is 1. The number of carbonyl (C=O) groups excluding carboxylic acids is 1. The number of nitrogens with zero attached hydrogens (tertiary/aromatic N) is 4. The zero-order chi connectivity index (χ0) is 30.7. The summed E-state index contributed by atoms with van der Waals surface area (Å²) in [6.45, 7) is 2.30. The molecule has 5 heterocycles. The van der Waals surface area contributed by atoms with E-state index in [-0.39, 0.29) is 11.3 Å². The van der Waals surface area contributed by atoms with Gasteiger partial charge in [0.05, 0.1) is 11.9 Å². The van der Waals surface area contributed by atoms with Crippen molar-refractivity contribution in [1.82, 2.24) is 19.5 Å². The molecule has 1 amide bonds. The Morgan fingerprint density at radius 3 is 2.48 bits per heavy atom. The molecule has 3 aromatic heterocycles. The zero-order valence-electron chi connectivity index (χ0n) is 25.2. The maximum absolute atomic E-state index is 13.8. The molecule has 1 spiro atoms. The minimum atomic E-state index is 0.00559. The summed E-state index contributed by atoms with van der Waals surface area (Å²) in [5.41, 5.74) is 10.7. The lowest BCUT2D eigenvalue weighted by Crippen LogP contribution is -2.46. The van der Waals surface area contributed by atoms with Crippen LogP contribution in [0.15, 0.2) is 120 Å². The number of fused-ring (bicyclic) bond motifs is 4. The number of nitrogens with one attached hydrogen (secondary N) is 1. The molecule has 0 radical (unpaired) electrons. The van der Waals surface area contributed by atoms with E-state index in [0.717, 1.165) is 30.6 Å². The number of rotatable bonds is 4. The molecule has 2 aliphatic heterocycles. The molecule has 0 bridgehead atoms. The first-order chi connectivity index (χ1) is 22.7. The molecule has 0 atom stereocenters. The lowest BCUT2D eigenvalue weighted by molar-refractivity contribution is 0.0678. The third-order valence-electron chi connectivity index (χ3n) is 9.98. The lowest BCUT2D eigenvalue weighted by Gasteiger charge is -2.39. The molecule has 9 rings (SSSR count). The smallest absolute Gasteiger partial charge is 0.259 e. The molecular weight excluding hydrogens is 587 g/mol. The summed E-state index contributed by atoms with van der Waals surface area (Å²) in [6.07, 6.45) is 5.26. The van der Waals surface area contributed by atoms with Gasteiger partial charge in [-0.2, -0.15) is 16.4 Å². The minimum absolute atomic E-state index is 0.00559. The Balaban J connectivity index is 0.954. The Hall–Kier alpha value is -5.27. The van der Waals surface area contributed by atoms with Crippen LogP contribution in [0.5, 0.6) is 0 Å². The fourth-order valence-corrected chi connectivity index (χ4v) is 8.07. The van der Waals surface area contributed by atoms with E-state index >= 15 is 0 Å². The number of benzene rings is 4. The maximum atomic E-state index is 13.8. The number of carbonyl (C=O) groups is 1. The van der Waals surface area contributed by atoms with Crippen molar-refractivity contribution in [3.63, 3.8) is 0 Å². The second kappa shape index (κ2) is 10.7. The van der Waals surface area contributed by atoms with Gasteiger partial charge in [-0.25, -0.2) is 9.50 Å². The fourth-order valence-electron chi connectivity index (χ4n) is 7.42. The molecule has 0 aliphatic carbocycles. The largest absolute Gasteiger partial charge is 0.384 e. The Kier molecular flexibility index (Phi) is 6.28.